The van der Waals surface area contributed by atoms with Crippen LogP contribution in [0, 0.1) is 13.8 Å². The third-order valence-corrected chi connectivity index (χ3v) is 5.98. The quantitative estimate of drug-likeness (QED) is 0.706. The first-order valence-electron chi connectivity index (χ1n) is 11.3. The maximum absolute atomic E-state index is 12.9. The smallest absolute Gasteiger partial charge is 0.317 e. The molecule has 0 aromatic heterocycles. The highest BCUT2D eigenvalue weighted by atomic mass is 16.2. The highest BCUT2D eigenvalue weighted by molar-refractivity contribution is 5.94. The predicted octanol–water partition coefficient (Wildman–Crippen LogP) is 5.09. The van der Waals surface area contributed by atoms with Gasteiger partial charge in [0, 0.05) is 30.6 Å². The Bertz CT molecular complexity index is 938. The van der Waals surface area contributed by atoms with Crippen molar-refractivity contribution in [3.8, 4) is 0 Å². The number of amides is 3. The van der Waals surface area contributed by atoms with Gasteiger partial charge >= 0.3 is 6.03 Å². The second-order valence-electron chi connectivity index (χ2n) is 9.07. The molecule has 0 aliphatic carbocycles. The van der Waals surface area contributed by atoms with E-state index in [1.54, 1.807) is 0 Å². The van der Waals surface area contributed by atoms with Gasteiger partial charge in [-0.1, -0.05) is 35.9 Å². The number of urea groups is 1. The maximum atomic E-state index is 12.9. The van der Waals surface area contributed by atoms with Crippen LogP contribution in [0.3, 0.4) is 0 Å². The highest BCUT2D eigenvalue weighted by Gasteiger charge is 2.25. The number of hydrogen-bond acceptors (Lipinski definition) is 2. The van der Waals surface area contributed by atoms with Crippen molar-refractivity contribution >= 4 is 11.9 Å². The zero-order valence-corrected chi connectivity index (χ0v) is 19.4. The molecule has 0 unspecified atom stereocenters. The van der Waals surface area contributed by atoms with E-state index in [1.807, 2.05) is 43.9 Å². The number of aryl methyl sites for hydroxylation is 2. The van der Waals surface area contributed by atoms with E-state index in [-0.39, 0.29) is 29.9 Å². The lowest BCUT2D eigenvalue weighted by Crippen LogP contribution is -2.47. The average Bonchev–Trinajstić information content (AvgIpc) is 2.73. The Hall–Kier alpha value is -2.82. The first kappa shape index (κ1) is 22.9. The van der Waals surface area contributed by atoms with E-state index in [2.05, 4.69) is 48.7 Å². The van der Waals surface area contributed by atoms with E-state index in [9.17, 15) is 9.59 Å². The summed E-state index contributed by atoms with van der Waals surface area (Å²) in [6, 6.07) is 14.2. The Balaban J connectivity index is 1.69. The first-order valence-corrected chi connectivity index (χ1v) is 11.3. The average molecular weight is 422 g/mol. The molecule has 2 aromatic rings. The Morgan fingerprint density at radius 3 is 2.52 bits per heavy atom. The summed E-state index contributed by atoms with van der Waals surface area (Å²) in [5, 5.41) is 6.12. The van der Waals surface area contributed by atoms with Crippen LogP contribution in [0.25, 0.3) is 0 Å². The van der Waals surface area contributed by atoms with Crippen LogP contribution in [-0.4, -0.2) is 36.0 Å². The molecule has 1 aliphatic rings. The fourth-order valence-corrected chi connectivity index (χ4v) is 4.37. The zero-order valence-electron chi connectivity index (χ0n) is 19.4. The Morgan fingerprint density at radius 2 is 1.81 bits per heavy atom. The lowest BCUT2D eigenvalue weighted by molar-refractivity contribution is 0.0939. The number of piperidine rings is 1. The van der Waals surface area contributed by atoms with Crippen LogP contribution in [-0.2, 0) is 0 Å². The van der Waals surface area contributed by atoms with E-state index in [1.165, 1.54) is 11.1 Å². The first-order chi connectivity index (χ1) is 14.7. The zero-order chi connectivity index (χ0) is 22.5. The van der Waals surface area contributed by atoms with Gasteiger partial charge in [0.25, 0.3) is 5.91 Å². The molecule has 0 saturated carbocycles. The molecule has 0 spiro atoms. The van der Waals surface area contributed by atoms with Gasteiger partial charge in [-0.05, 0) is 76.3 Å². The van der Waals surface area contributed by atoms with Gasteiger partial charge in [-0.25, -0.2) is 4.79 Å². The van der Waals surface area contributed by atoms with Gasteiger partial charge in [0.15, 0.2) is 0 Å². The number of benzene rings is 2. The minimum absolute atomic E-state index is 0.00381. The number of carbonyl (C=O) groups excluding carboxylic acids is 2. The summed E-state index contributed by atoms with van der Waals surface area (Å²) in [4.78, 5) is 27.3. The highest BCUT2D eigenvalue weighted by Crippen LogP contribution is 2.28. The van der Waals surface area contributed by atoms with Crippen molar-refractivity contribution in [3.05, 3.63) is 70.3 Å². The van der Waals surface area contributed by atoms with Gasteiger partial charge in [-0.15, -0.1) is 0 Å². The number of hydrogen-bond donors (Lipinski definition) is 2. The normalized spacial score (nSPS) is 17.4. The summed E-state index contributed by atoms with van der Waals surface area (Å²) in [7, 11) is 0. The summed E-state index contributed by atoms with van der Waals surface area (Å²) in [6.07, 6.45) is 1.99. The van der Waals surface area contributed by atoms with Gasteiger partial charge in [-0.3, -0.25) is 4.79 Å². The summed E-state index contributed by atoms with van der Waals surface area (Å²) < 4.78 is 0. The summed E-state index contributed by atoms with van der Waals surface area (Å²) in [5.74, 6) is 0.177. The molecule has 1 heterocycles. The van der Waals surface area contributed by atoms with Crippen molar-refractivity contribution in [2.24, 2.45) is 0 Å². The molecule has 5 nitrogen and oxygen atoms in total. The molecular weight excluding hydrogens is 386 g/mol. The van der Waals surface area contributed by atoms with Crippen LogP contribution in [0.2, 0.25) is 0 Å². The van der Waals surface area contributed by atoms with Gasteiger partial charge in [0.05, 0.1) is 6.04 Å². The molecule has 1 aliphatic heterocycles. The fraction of sp³-hybridized carbons (Fsp3) is 0.462. The van der Waals surface area contributed by atoms with Crippen LogP contribution in [0.5, 0.6) is 0 Å². The molecule has 1 saturated heterocycles. The lowest BCUT2D eigenvalue weighted by Gasteiger charge is -2.33. The summed E-state index contributed by atoms with van der Waals surface area (Å²) in [5.41, 5.74) is 5.32. The van der Waals surface area contributed by atoms with Gasteiger partial charge in [-0.2, -0.15) is 0 Å². The third kappa shape index (κ3) is 5.87. The number of nitrogens with one attached hydrogen (secondary N) is 2. The largest absolute Gasteiger partial charge is 0.346 e. The van der Waals surface area contributed by atoms with Crippen LogP contribution in [0.4, 0.5) is 4.79 Å². The minimum atomic E-state index is -0.0699. The number of nitrogens with zero attached hydrogens (tertiary/aromatic N) is 1. The number of rotatable bonds is 5. The van der Waals surface area contributed by atoms with Crippen molar-refractivity contribution in [2.75, 3.05) is 13.1 Å². The lowest BCUT2D eigenvalue weighted by atomic mass is 9.89. The SMILES string of the molecule is Cc1ccc([C@H](C)NC(=O)c2cccc([C@H]3CCCN(C(=O)NC(C)C)C3)c2)c(C)c1. The summed E-state index contributed by atoms with van der Waals surface area (Å²) in [6.45, 7) is 11.6. The molecule has 31 heavy (non-hydrogen) atoms. The molecule has 5 heteroatoms. The maximum Gasteiger partial charge on any atom is 0.317 e. The van der Waals surface area contributed by atoms with Gasteiger partial charge < -0.3 is 15.5 Å². The number of carbonyl (C=O) groups is 2. The van der Waals surface area contributed by atoms with Crippen LogP contribution < -0.4 is 10.6 Å². The Kier molecular flexibility index (Phi) is 7.37. The van der Waals surface area contributed by atoms with E-state index < -0.39 is 0 Å². The fourth-order valence-electron chi connectivity index (χ4n) is 4.37. The monoisotopic (exact) mass is 421 g/mol. The van der Waals surface area contributed by atoms with Crippen molar-refractivity contribution < 1.29 is 9.59 Å². The molecule has 1 fully saturated rings. The molecule has 2 atom stereocenters. The van der Waals surface area contributed by atoms with E-state index in [0.29, 0.717) is 12.1 Å². The van der Waals surface area contributed by atoms with Crippen molar-refractivity contribution in [3.63, 3.8) is 0 Å². The van der Waals surface area contributed by atoms with Crippen LogP contribution >= 0.6 is 0 Å². The Labute approximate surface area is 186 Å². The van der Waals surface area contributed by atoms with Gasteiger partial charge in [0.1, 0.15) is 0 Å². The Morgan fingerprint density at radius 1 is 1.03 bits per heavy atom. The molecule has 0 bridgehead atoms. The molecule has 2 N–H and O–H groups in total. The van der Waals surface area contributed by atoms with Crippen LogP contribution in [0.15, 0.2) is 42.5 Å². The molecule has 2 aromatic carbocycles. The second kappa shape index (κ2) is 9.99. The second-order valence-corrected chi connectivity index (χ2v) is 9.07. The minimum Gasteiger partial charge on any atom is -0.346 e. The van der Waals surface area contributed by atoms with Crippen molar-refractivity contribution in [1.82, 2.24) is 15.5 Å². The van der Waals surface area contributed by atoms with Crippen molar-refractivity contribution in [2.45, 2.75) is 65.5 Å². The predicted molar refractivity (Wildman–Crippen MR) is 125 cm³/mol. The topological polar surface area (TPSA) is 61.4 Å². The molecular formula is C26H35N3O2. The molecule has 166 valence electrons. The molecule has 3 rings (SSSR count). The van der Waals surface area contributed by atoms with Crippen LogP contribution in [0.1, 0.15) is 78.2 Å². The van der Waals surface area contributed by atoms with Crippen molar-refractivity contribution in [1.29, 1.82) is 0 Å². The van der Waals surface area contributed by atoms with E-state index in [4.69, 9.17) is 0 Å². The van der Waals surface area contributed by atoms with Gasteiger partial charge in [0.2, 0.25) is 0 Å². The molecule has 3 amide bonds. The summed E-state index contributed by atoms with van der Waals surface area (Å²) >= 11 is 0. The third-order valence-electron chi connectivity index (χ3n) is 5.98. The molecule has 0 radical (unpaired) electrons. The number of likely N-dealkylation sites (tertiary alicyclic amines) is 1. The van der Waals surface area contributed by atoms with E-state index >= 15 is 0 Å². The van der Waals surface area contributed by atoms with E-state index in [0.717, 1.165) is 30.5 Å². The standard InChI is InChI=1S/C26H35N3O2/c1-17(2)27-26(31)29-13-7-10-23(16-29)21-8-6-9-22(15-21)25(30)28-20(5)24-12-11-18(3)14-19(24)4/h6,8-9,11-12,14-15,17,20,23H,7,10,13,16H2,1-5H3,(H,27,31)(H,28,30)/t20-,23-/m0/s1.